The molecule has 0 atom stereocenters. The third kappa shape index (κ3) is 2.38. The number of benzene rings is 1. The highest BCUT2D eigenvalue weighted by Crippen LogP contribution is 2.25. The van der Waals surface area contributed by atoms with Crippen LogP contribution in [0, 0.1) is 11.6 Å². The summed E-state index contributed by atoms with van der Waals surface area (Å²) >= 11 is 6.74. The molecule has 0 aliphatic heterocycles. The Morgan fingerprint density at radius 3 is 2.71 bits per heavy atom. The molecule has 106 valence electrons. The van der Waals surface area contributed by atoms with Crippen LogP contribution in [0.3, 0.4) is 0 Å². The monoisotopic (exact) mass is 316 g/mol. The van der Waals surface area contributed by atoms with Crippen LogP contribution in [0.5, 0.6) is 0 Å². The van der Waals surface area contributed by atoms with E-state index in [9.17, 15) is 4.79 Å². The van der Waals surface area contributed by atoms with Crippen molar-refractivity contribution in [2.45, 2.75) is 11.9 Å². The summed E-state index contributed by atoms with van der Waals surface area (Å²) in [7, 11) is 0. The van der Waals surface area contributed by atoms with Crippen LogP contribution in [-0.4, -0.2) is 31.9 Å². The van der Waals surface area contributed by atoms with Gasteiger partial charge in [0.05, 0.1) is 5.39 Å². The van der Waals surface area contributed by atoms with Crippen molar-refractivity contribution in [1.29, 1.82) is 0 Å². The van der Waals surface area contributed by atoms with E-state index in [0.29, 0.717) is 32.1 Å². The van der Waals surface area contributed by atoms with Crippen molar-refractivity contribution in [2.24, 2.45) is 0 Å². The van der Waals surface area contributed by atoms with Gasteiger partial charge < -0.3 is 4.98 Å². The number of aromatic nitrogens is 4. The molecule has 0 saturated carbocycles. The second-order valence-electron chi connectivity index (χ2n) is 4.44. The van der Waals surface area contributed by atoms with Gasteiger partial charge in [-0.2, -0.15) is 9.78 Å². The van der Waals surface area contributed by atoms with Gasteiger partial charge in [-0.15, -0.1) is 11.8 Å². The minimum Gasteiger partial charge on any atom is -0.328 e. The van der Waals surface area contributed by atoms with E-state index in [1.807, 2.05) is 24.5 Å². The van der Waals surface area contributed by atoms with Gasteiger partial charge >= 0.3 is 0 Å². The van der Waals surface area contributed by atoms with Gasteiger partial charge in [-0.3, -0.25) is 4.79 Å². The zero-order valence-electron chi connectivity index (χ0n) is 11.5. The molecule has 7 heteroatoms. The van der Waals surface area contributed by atoms with E-state index in [2.05, 4.69) is 15.1 Å². The lowest BCUT2D eigenvalue weighted by Crippen LogP contribution is -2.14. The highest BCUT2D eigenvalue weighted by Gasteiger charge is 2.19. The average molecular weight is 316 g/mol. The van der Waals surface area contributed by atoms with Crippen LogP contribution in [-0.2, 0) is 0 Å². The lowest BCUT2D eigenvalue weighted by Gasteiger charge is -2.02. The molecule has 0 saturated heterocycles. The molecule has 0 aliphatic rings. The standard InChI is InChI=1S/C14H12N4OS2/c1-8-15-11-10(12(20)16-8)13(21-2)17-18(11)14(19)9-6-4-3-5-7-9/h3-7H,1-2H3,(H,15,16,20). The molecular weight excluding hydrogens is 304 g/mol. The number of carbonyl (C=O) groups is 1. The third-order valence-corrected chi connectivity index (χ3v) is 4.01. The van der Waals surface area contributed by atoms with Crippen molar-refractivity contribution in [3.8, 4) is 0 Å². The van der Waals surface area contributed by atoms with E-state index in [1.165, 1.54) is 16.4 Å². The molecule has 3 rings (SSSR count). The molecule has 2 aromatic heterocycles. The Kier molecular flexibility index (Phi) is 3.60. The van der Waals surface area contributed by atoms with Crippen LogP contribution in [0.4, 0.5) is 0 Å². The number of nitrogens with one attached hydrogen (secondary N) is 1. The summed E-state index contributed by atoms with van der Waals surface area (Å²) in [6.07, 6.45) is 1.90. The van der Waals surface area contributed by atoms with Crippen molar-refractivity contribution in [2.75, 3.05) is 6.26 Å². The van der Waals surface area contributed by atoms with Gasteiger partial charge in [0.2, 0.25) is 0 Å². The number of carbonyl (C=O) groups excluding carboxylic acids is 1. The van der Waals surface area contributed by atoms with Crippen LogP contribution in [0.2, 0.25) is 0 Å². The molecule has 0 bridgehead atoms. The minimum atomic E-state index is -0.197. The smallest absolute Gasteiger partial charge is 0.280 e. The molecular formula is C14H12N4OS2. The van der Waals surface area contributed by atoms with Crippen LogP contribution in [0.25, 0.3) is 11.0 Å². The van der Waals surface area contributed by atoms with Gasteiger partial charge in [0, 0.05) is 5.56 Å². The summed E-state index contributed by atoms with van der Waals surface area (Å²) in [6.45, 7) is 1.80. The number of aryl methyl sites for hydroxylation is 1. The molecule has 0 aliphatic carbocycles. The van der Waals surface area contributed by atoms with Crippen LogP contribution in [0.1, 0.15) is 16.2 Å². The van der Waals surface area contributed by atoms with E-state index in [0.717, 1.165) is 0 Å². The Morgan fingerprint density at radius 2 is 2.05 bits per heavy atom. The summed E-state index contributed by atoms with van der Waals surface area (Å²) in [4.78, 5) is 20.0. The molecule has 1 aromatic carbocycles. The molecule has 0 amide bonds. The van der Waals surface area contributed by atoms with Gasteiger partial charge in [-0.25, -0.2) is 4.98 Å². The van der Waals surface area contributed by atoms with E-state index in [-0.39, 0.29) is 5.91 Å². The van der Waals surface area contributed by atoms with Gasteiger partial charge in [0.15, 0.2) is 0 Å². The first-order valence-electron chi connectivity index (χ1n) is 6.25. The Hall–Kier alpha value is -1.99. The van der Waals surface area contributed by atoms with Crippen molar-refractivity contribution in [3.05, 3.63) is 46.4 Å². The topological polar surface area (TPSA) is 63.6 Å². The number of aromatic amines is 1. The fraction of sp³-hybridized carbons (Fsp3) is 0.143. The predicted octanol–water partition coefficient (Wildman–Crippen LogP) is 3.21. The first-order valence-corrected chi connectivity index (χ1v) is 7.88. The molecule has 0 radical (unpaired) electrons. The first-order chi connectivity index (χ1) is 10.1. The highest BCUT2D eigenvalue weighted by atomic mass is 32.2. The number of thioether (sulfide) groups is 1. The SMILES string of the molecule is CSc1nn(C(=O)c2ccccc2)c2[nH]c(C)nc(=S)c12. The zero-order valence-corrected chi connectivity index (χ0v) is 13.1. The largest absolute Gasteiger partial charge is 0.328 e. The summed E-state index contributed by atoms with van der Waals surface area (Å²) in [5.41, 5.74) is 1.16. The molecule has 0 spiro atoms. The minimum absolute atomic E-state index is 0.197. The van der Waals surface area contributed by atoms with E-state index < -0.39 is 0 Å². The Bertz CT molecular complexity index is 883. The van der Waals surface area contributed by atoms with Crippen LogP contribution < -0.4 is 0 Å². The van der Waals surface area contributed by atoms with Gasteiger partial charge in [0.25, 0.3) is 5.91 Å². The zero-order chi connectivity index (χ0) is 15.0. The Labute approximate surface area is 130 Å². The van der Waals surface area contributed by atoms with Crippen molar-refractivity contribution >= 4 is 40.9 Å². The second-order valence-corrected chi connectivity index (χ2v) is 5.62. The van der Waals surface area contributed by atoms with Gasteiger partial charge in [-0.1, -0.05) is 30.4 Å². The second kappa shape index (κ2) is 5.42. The van der Waals surface area contributed by atoms with Gasteiger partial charge in [-0.05, 0) is 25.3 Å². The average Bonchev–Trinajstić information content (AvgIpc) is 2.86. The number of fused-ring (bicyclic) bond motifs is 1. The van der Waals surface area contributed by atoms with Crippen LogP contribution in [0.15, 0.2) is 35.4 Å². The van der Waals surface area contributed by atoms with Crippen LogP contribution >= 0.6 is 24.0 Å². The number of hydrogen-bond donors (Lipinski definition) is 1. The molecule has 3 aromatic rings. The lowest BCUT2D eigenvalue weighted by atomic mass is 10.2. The molecule has 0 unspecified atom stereocenters. The van der Waals surface area contributed by atoms with Crippen molar-refractivity contribution in [1.82, 2.24) is 19.7 Å². The summed E-state index contributed by atoms with van der Waals surface area (Å²) < 4.78 is 1.82. The quantitative estimate of drug-likeness (QED) is 0.581. The molecule has 21 heavy (non-hydrogen) atoms. The summed E-state index contributed by atoms with van der Waals surface area (Å²) in [5.74, 6) is 0.458. The number of rotatable bonds is 2. The summed E-state index contributed by atoms with van der Waals surface area (Å²) in [6, 6.07) is 9.04. The fourth-order valence-electron chi connectivity index (χ4n) is 2.11. The Balaban J connectivity index is 2.29. The third-order valence-electron chi connectivity index (χ3n) is 3.04. The van der Waals surface area contributed by atoms with E-state index >= 15 is 0 Å². The maximum absolute atomic E-state index is 12.6. The maximum atomic E-state index is 12.6. The molecule has 2 heterocycles. The number of hydrogen-bond acceptors (Lipinski definition) is 5. The first kappa shape index (κ1) is 14.0. The fourth-order valence-corrected chi connectivity index (χ4v) is 3.06. The maximum Gasteiger partial charge on any atom is 0.280 e. The van der Waals surface area contributed by atoms with E-state index in [4.69, 9.17) is 12.2 Å². The highest BCUT2D eigenvalue weighted by molar-refractivity contribution is 7.98. The number of nitrogens with zero attached hydrogens (tertiary/aromatic N) is 3. The van der Waals surface area contributed by atoms with Crippen molar-refractivity contribution in [3.63, 3.8) is 0 Å². The predicted molar refractivity (Wildman–Crippen MR) is 85.4 cm³/mol. The Morgan fingerprint density at radius 1 is 1.33 bits per heavy atom. The molecule has 5 nitrogen and oxygen atoms in total. The normalized spacial score (nSPS) is 11.0. The number of H-pyrrole nitrogens is 1. The molecule has 0 fully saturated rings. The van der Waals surface area contributed by atoms with E-state index in [1.54, 1.807) is 19.1 Å². The van der Waals surface area contributed by atoms with Crippen molar-refractivity contribution < 1.29 is 4.79 Å². The van der Waals surface area contributed by atoms with Gasteiger partial charge in [0.1, 0.15) is 21.1 Å². The summed E-state index contributed by atoms with van der Waals surface area (Å²) in [5, 5.41) is 5.79. The molecule has 1 N–H and O–H groups in total. The lowest BCUT2D eigenvalue weighted by molar-refractivity contribution is 0.0948.